The van der Waals surface area contributed by atoms with Crippen molar-refractivity contribution in [2.24, 2.45) is 0 Å². The number of rotatable bonds is 11. The van der Waals surface area contributed by atoms with Crippen molar-refractivity contribution in [1.29, 1.82) is 0 Å². The average Bonchev–Trinajstić information content (AvgIpc) is 2.98. The SMILES string of the molecule is CCC[n+]1cc(Br)cc(C(=O)NCCOC(=O)N(CCOC(=O)Nc2cccc3ccccc23)c2ccc(F)cc2)c1. The van der Waals surface area contributed by atoms with Crippen LogP contribution in [0.1, 0.15) is 23.7 Å². The van der Waals surface area contributed by atoms with Crippen LogP contribution in [0.4, 0.5) is 25.4 Å². The van der Waals surface area contributed by atoms with Gasteiger partial charge in [-0.3, -0.25) is 15.0 Å². The predicted octanol–water partition coefficient (Wildman–Crippen LogP) is 6.06. The second-order valence-electron chi connectivity index (χ2n) is 9.27. The summed E-state index contributed by atoms with van der Waals surface area (Å²) in [5.41, 5.74) is 1.42. The van der Waals surface area contributed by atoms with Crippen molar-refractivity contribution < 1.29 is 32.8 Å². The first-order valence-corrected chi connectivity index (χ1v) is 14.2. The normalized spacial score (nSPS) is 10.6. The van der Waals surface area contributed by atoms with Crippen LogP contribution in [0, 0.1) is 5.82 Å². The van der Waals surface area contributed by atoms with E-state index in [0.717, 1.165) is 28.2 Å². The number of carbonyl (C=O) groups is 3. The van der Waals surface area contributed by atoms with Crippen molar-refractivity contribution in [3.8, 4) is 0 Å². The van der Waals surface area contributed by atoms with Crippen molar-refractivity contribution in [2.75, 3.05) is 36.5 Å². The Morgan fingerprint density at radius 3 is 2.50 bits per heavy atom. The summed E-state index contributed by atoms with van der Waals surface area (Å²) in [5, 5.41) is 7.29. The van der Waals surface area contributed by atoms with Gasteiger partial charge in [0, 0.05) is 17.5 Å². The molecule has 1 heterocycles. The lowest BCUT2D eigenvalue weighted by Gasteiger charge is -2.22. The molecule has 11 heteroatoms. The monoisotopic (exact) mass is 637 g/mol. The Labute approximate surface area is 251 Å². The van der Waals surface area contributed by atoms with E-state index in [2.05, 4.69) is 26.6 Å². The molecule has 2 N–H and O–H groups in total. The number of carbonyl (C=O) groups excluding carboxylic acids is 3. The zero-order valence-electron chi connectivity index (χ0n) is 23.0. The van der Waals surface area contributed by atoms with Gasteiger partial charge in [-0.2, -0.15) is 0 Å². The number of aromatic nitrogens is 1. The molecule has 9 nitrogen and oxygen atoms in total. The van der Waals surface area contributed by atoms with Gasteiger partial charge >= 0.3 is 12.2 Å². The number of halogens is 2. The Hall–Kier alpha value is -4.51. The van der Waals surface area contributed by atoms with Crippen LogP contribution in [-0.2, 0) is 16.0 Å². The van der Waals surface area contributed by atoms with Crippen molar-refractivity contribution in [2.45, 2.75) is 19.9 Å². The molecule has 1 aromatic heterocycles. The van der Waals surface area contributed by atoms with Gasteiger partial charge in [0.25, 0.3) is 5.91 Å². The van der Waals surface area contributed by atoms with Crippen LogP contribution in [0.3, 0.4) is 0 Å². The molecule has 0 aliphatic rings. The van der Waals surface area contributed by atoms with E-state index in [1.54, 1.807) is 18.3 Å². The van der Waals surface area contributed by atoms with E-state index in [1.807, 2.05) is 54.1 Å². The summed E-state index contributed by atoms with van der Waals surface area (Å²) in [5.74, 6) is -0.772. The van der Waals surface area contributed by atoms with Crippen LogP contribution in [0.25, 0.3) is 10.8 Å². The molecule has 0 aliphatic carbocycles. The molecule has 0 aliphatic heterocycles. The molecular formula is C31H31BrFN4O5+. The van der Waals surface area contributed by atoms with E-state index < -0.39 is 18.0 Å². The number of amides is 3. The van der Waals surface area contributed by atoms with E-state index in [1.165, 1.54) is 29.2 Å². The number of aryl methyl sites for hydroxylation is 1. The van der Waals surface area contributed by atoms with Gasteiger partial charge in [-0.05, 0) is 57.7 Å². The van der Waals surface area contributed by atoms with E-state index in [-0.39, 0.29) is 32.2 Å². The van der Waals surface area contributed by atoms with Gasteiger partial charge in [-0.1, -0.05) is 43.3 Å². The largest absolute Gasteiger partial charge is 0.447 e. The maximum atomic E-state index is 13.5. The van der Waals surface area contributed by atoms with Crippen LogP contribution in [0.2, 0.25) is 0 Å². The average molecular weight is 639 g/mol. The van der Waals surface area contributed by atoms with Gasteiger partial charge in [0.2, 0.25) is 0 Å². The van der Waals surface area contributed by atoms with E-state index in [9.17, 15) is 18.8 Å². The number of nitrogens with zero attached hydrogens (tertiary/aromatic N) is 2. The highest BCUT2D eigenvalue weighted by Gasteiger charge is 2.19. The number of benzene rings is 3. The highest BCUT2D eigenvalue weighted by Crippen LogP contribution is 2.23. The summed E-state index contributed by atoms with van der Waals surface area (Å²) in [6.07, 6.45) is 3.14. The standard InChI is InChI=1S/C31H30BrFN4O5/c1-2-15-36-20-23(19-24(32)21-36)29(38)34-14-17-42-31(40)37(26-12-10-25(33)11-13-26)16-18-41-30(39)35-28-9-5-7-22-6-3-4-8-27(22)28/h3-13,19-21H,2,14-18H2,1H3,(H-,34,35,38,39)/p+1. The summed E-state index contributed by atoms with van der Waals surface area (Å²) < 4.78 is 26.9. The summed E-state index contributed by atoms with van der Waals surface area (Å²) in [6.45, 7) is 2.59. The molecule has 218 valence electrons. The minimum Gasteiger partial charge on any atom is -0.447 e. The molecule has 4 rings (SSSR count). The topological polar surface area (TPSA) is 101 Å². The third-order valence-corrected chi connectivity index (χ3v) is 6.61. The lowest BCUT2D eigenvalue weighted by molar-refractivity contribution is -0.697. The number of pyridine rings is 1. The third-order valence-electron chi connectivity index (χ3n) is 6.18. The minimum atomic E-state index is -0.739. The molecule has 0 radical (unpaired) electrons. The van der Waals surface area contributed by atoms with Crippen molar-refractivity contribution >= 4 is 56.2 Å². The van der Waals surface area contributed by atoms with Crippen LogP contribution in [0.5, 0.6) is 0 Å². The third kappa shape index (κ3) is 8.50. The van der Waals surface area contributed by atoms with Crippen LogP contribution >= 0.6 is 15.9 Å². The Balaban J connectivity index is 1.31. The Morgan fingerprint density at radius 2 is 1.71 bits per heavy atom. The van der Waals surface area contributed by atoms with Gasteiger partial charge in [0.05, 0.1) is 23.2 Å². The molecule has 0 saturated carbocycles. The predicted molar refractivity (Wildman–Crippen MR) is 161 cm³/mol. The van der Waals surface area contributed by atoms with Gasteiger partial charge in [-0.15, -0.1) is 0 Å². The second kappa shape index (κ2) is 14.9. The number of nitrogens with one attached hydrogen (secondary N) is 2. The molecule has 0 bridgehead atoms. The maximum absolute atomic E-state index is 13.5. The number of fused-ring (bicyclic) bond motifs is 1. The minimum absolute atomic E-state index is 0.0464. The van der Waals surface area contributed by atoms with Crippen LogP contribution in [-0.4, -0.2) is 44.4 Å². The molecule has 4 aromatic rings. The van der Waals surface area contributed by atoms with Gasteiger partial charge in [-0.25, -0.2) is 18.5 Å². The quantitative estimate of drug-likeness (QED) is 0.154. The van der Waals surface area contributed by atoms with Crippen LogP contribution < -0.4 is 20.1 Å². The van der Waals surface area contributed by atoms with Crippen molar-refractivity contribution in [3.05, 3.63) is 101 Å². The smallest absolute Gasteiger partial charge is 0.414 e. The zero-order chi connectivity index (χ0) is 29.9. The fourth-order valence-corrected chi connectivity index (χ4v) is 4.76. The van der Waals surface area contributed by atoms with Gasteiger partial charge in [0.1, 0.15) is 31.1 Å². The van der Waals surface area contributed by atoms with E-state index in [4.69, 9.17) is 9.47 Å². The molecule has 0 atom stereocenters. The molecular weight excluding hydrogens is 607 g/mol. The molecule has 0 saturated heterocycles. The highest BCUT2D eigenvalue weighted by molar-refractivity contribution is 9.10. The van der Waals surface area contributed by atoms with E-state index >= 15 is 0 Å². The highest BCUT2D eigenvalue weighted by atomic mass is 79.9. The van der Waals surface area contributed by atoms with E-state index in [0.29, 0.717) is 16.9 Å². The summed E-state index contributed by atoms with van der Waals surface area (Å²) in [4.78, 5) is 39.3. The second-order valence-corrected chi connectivity index (χ2v) is 10.2. The first-order chi connectivity index (χ1) is 20.3. The fourth-order valence-electron chi connectivity index (χ4n) is 4.25. The van der Waals surface area contributed by atoms with Gasteiger partial charge < -0.3 is 14.8 Å². The first kappa shape index (κ1) is 30.4. The molecule has 0 unspecified atom stereocenters. The summed E-state index contributed by atoms with van der Waals surface area (Å²) in [7, 11) is 0. The zero-order valence-corrected chi connectivity index (χ0v) is 24.6. The number of hydrogen-bond acceptors (Lipinski definition) is 5. The van der Waals surface area contributed by atoms with Crippen molar-refractivity contribution in [3.63, 3.8) is 0 Å². The van der Waals surface area contributed by atoms with Crippen LogP contribution in [0.15, 0.2) is 89.7 Å². The molecule has 3 aromatic carbocycles. The molecule has 0 spiro atoms. The molecule has 42 heavy (non-hydrogen) atoms. The number of hydrogen-bond donors (Lipinski definition) is 2. The number of ether oxygens (including phenoxy) is 2. The maximum Gasteiger partial charge on any atom is 0.414 e. The Kier molecular flexibility index (Phi) is 10.8. The Morgan fingerprint density at radius 1 is 0.952 bits per heavy atom. The molecule has 0 fully saturated rings. The lowest BCUT2D eigenvalue weighted by Crippen LogP contribution is -2.38. The van der Waals surface area contributed by atoms with Gasteiger partial charge in [0.15, 0.2) is 12.4 Å². The molecule has 3 amide bonds. The summed E-state index contributed by atoms with van der Waals surface area (Å²) >= 11 is 3.42. The Bertz CT molecular complexity index is 1550. The first-order valence-electron chi connectivity index (χ1n) is 13.4. The fraction of sp³-hybridized carbons (Fsp3) is 0.226. The number of anilines is 2. The lowest BCUT2D eigenvalue weighted by atomic mass is 10.1. The van der Waals surface area contributed by atoms with Crippen molar-refractivity contribution in [1.82, 2.24) is 5.32 Å². The summed E-state index contributed by atoms with van der Waals surface area (Å²) in [6, 6.07) is 20.1.